The van der Waals surface area contributed by atoms with E-state index in [9.17, 15) is 14.7 Å². The Kier molecular flexibility index (Phi) is 8.06. The van der Waals surface area contributed by atoms with Crippen LogP contribution >= 0.6 is 11.6 Å². The van der Waals surface area contributed by atoms with Gasteiger partial charge in [0.05, 0.1) is 11.7 Å². The third-order valence-electron chi connectivity index (χ3n) is 2.16. The number of amides is 1. The Bertz CT molecular complexity index is 392. The standard InChI is InChI=1S/C12H18ClNO5/c1-7(2)12(18)19-10(4-9(16)5-13)8(3)11(17)14-6-15/h9,15-16H,1,4-6H2,2-3H3,(H,14,17)/b10-8-. The minimum Gasteiger partial charge on any atom is -0.427 e. The van der Waals surface area contributed by atoms with Gasteiger partial charge in [-0.2, -0.15) is 0 Å². The summed E-state index contributed by atoms with van der Waals surface area (Å²) in [7, 11) is 0. The van der Waals surface area contributed by atoms with Gasteiger partial charge in [-0.25, -0.2) is 4.79 Å². The largest absolute Gasteiger partial charge is 0.427 e. The highest BCUT2D eigenvalue weighted by Gasteiger charge is 2.18. The SMILES string of the molecule is C=C(C)C(=O)O/C(CC(O)CCl)=C(/C)C(=O)NCO. The molecule has 0 rings (SSSR count). The zero-order valence-corrected chi connectivity index (χ0v) is 11.7. The van der Waals surface area contributed by atoms with Crippen molar-refractivity contribution in [1.82, 2.24) is 5.32 Å². The maximum atomic E-state index is 11.5. The van der Waals surface area contributed by atoms with Crippen molar-refractivity contribution in [1.29, 1.82) is 0 Å². The molecular weight excluding hydrogens is 274 g/mol. The molecule has 0 radical (unpaired) electrons. The van der Waals surface area contributed by atoms with Crippen LogP contribution in [0.3, 0.4) is 0 Å². The average Bonchev–Trinajstić information content (AvgIpc) is 2.36. The predicted octanol–water partition coefficient (Wildman–Crippen LogP) is 0.436. The molecule has 0 aromatic carbocycles. The molecule has 0 aliphatic heterocycles. The summed E-state index contributed by atoms with van der Waals surface area (Å²) in [6, 6.07) is 0. The molecule has 7 heteroatoms. The number of aliphatic hydroxyl groups is 2. The van der Waals surface area contributed by atoms with Gasteiger partial charge in [0.2, 0.25) is 0 Å². The highest BCUT2D eigenvalue weighted by molar-refractivity contribution is 6.18. The van der Waals surface area contributed by atoms with Crippen molar-refractivity contribution in [3.8, 4) is 0 Å². The smallest absolute Gasteiger partial charge is 0.338 e. The van der Waals surface area contributed by atoms with Gasteiger partial charge in [0, 0.05) is 17.9 Å². The quantitative estimate of drug-likeness (QED) is 0.208. The number of aliphatic hydroxyl groups excluding tert-OH is 2. The maximum absolute atomic E-state index is 11.5. The van der Waals surface area contributed by atoms with Gasteiger partial charge in [0.1, 0.15) is 12.5 Å². The number of halogens is 1. The van der Waals surface area contributed by atoms with Crippen molar-refractivity contribution in [2.75, 3.05) is 12.6 Å². The number of alkyl halides is 1. The van der Waals surface area contributed by atoms with Gasteiger partial charge >= 0.3 is 5.97 Å². The molecule has 0 saturated carbocycles. The predicted molar refractivity (Wildman–Crippen MR) is 70.2 cm³/mol. The molecule has 0 saturated heterocycles. The summed E-state index contributed by atoms with van der Waals surface area (Å²) in [6.45, 7) is 5.75. The van der Waals surface area contributed by atoms with Crippen LogP contribution in [-0.4, -0.2) is 40.8 Å². The van der Waals surface area contributed by atoms with Gasteiger partial charge in [0.15, 0.2) is 0 Å². The summed E-state index contributed by atoms with van der Waals surface area (Å²) >= 11 is 5.47. The van der Waals surface area contributed by atoms with Crippen LogP contribution in [0.1, 0.15) is 20.3 Å². The van der Waals surface area contributed by atoms with E-state index < -0.39 is 24.7 Å². The van der Waals surface area contributed by atoms with Crippen LogP contribution in [0, 0.1) is 0 Å². The Morgan fingerprint density at radius 2 is 2.00 bits per heavy atom. The number of carbonyl (C=O) groups is 2. The van der Waals surface area contributed by atoms with E-state index in [2.05, 4.69) is 11.9 Å². The van der Waals surface area contributed by atoms with Crippen LogP contribution in [-0.2, 0) is 14.3 Å². The van der Waals surface area contributed by atoms with Crippen molar-refractivity contribution in [3.63, 3.8) is 0 Å². The van der Waals surface area contributed by atoms with E-state index in [0.717, 1.165) is 0 Å². The molecule has 0 aliphatic carbocycles. The zero-order chi connectivity index (χ0) is 15.0. The van der Waals surface area contributed by atoms with Gasteiger partial charge in [0.25, 0.3) is 5.91 Å². The number of ether oxygens (including phenoxy) is 1. The molecule has 1 atom stereocenters. The number of esters is 1. The lowest BCUT2D eigenvalue weighted by molar-refractivity contribution is -0.135. The van der Waals surface area contributed by atoms with Crippen molar-refractivity contribution in [3.05, 3.63) is 23.5 Å². The first kappa shape index (κ1) is 17.6. The third-order valence-corrected chi connectivity index (χ3v) is 2.52. The lowest BCUT2D eigenvalue weighted by Gasteiger charge is -2.14. The molecule has 3 N–H and O–H groups in total. The Morgan fingerprint density at radius 1 is 1.42 bits per heavy atom. The normalized spacial score (nSPS) is 13.3. The fourth-order valence-corrected chi connectivity index (χ4v) is 1.18. The summed E-state index contributed by atoms with van der Waals surface area (Å²) in [5, 5.41) is 20.2. The second kappa shape index (κ2) is 8.68. The van der Waals surface area contributed by atoms with E-state index in [1.165, 1.54) is 13.8 Å². The van der Waals surface area contributed by atoms with Gasteiger partial charge in [-0.3, -0.25) is 4.79 Å². The minimum absolute atomic E-state index is 0.00731. The summed E-state index contributed by atoms with van der Waals surface area (Å²) in [5.74, 6) is -1.38. The lowest BCUT2D eigenvalue weighted by Crippen LogP contribution is -2.27. The summed E-state index contributed by atoms with van der Waals surface area (Å²) in [5.41, 5.74) is 0.237. The van der Waals surface area contributed by atoms with E-state index in [1.54, 1.807) is 0 Å². The number of rotatable bonds is 7. The molecule has 0 spiro atoms. The second-order valence-electron chi connectivity index (χ2n) is 3.89. The summed E-state index contributed by atoms with van der Waals surface area (Å²) in [4.78, 5) is 23.0. The van der Waals surface area contributed by atoms with E-state index >= 15 is 0 Å². The van der Waals surface area contributed by atoms with Gasteiger partial charge in [-0.1, -0.05) is 6.58 Å². The molecule has 0 aromatic heterocycles. The molecular formula is C12H18ClNO5. The van der Waals surface area contributed by atoms with E-state index in [0.29, 0.717) is 0 Å². The van der Waals surface area contributed by atoms with Crippen molar-refractivity contribution < 1.29 is 24.5 Å². The lowest BCUT2D eigenvalue weighted by atomic mass is 10.1. The molecule has 0 aromatic rings. The van der Waals surface area contributed by atoms with Gasteiger partial charge in [-0.05, 0) is 13.8 Å². The summed E-state index contributed by atoms with van der Waals surface area (Å²) < 4.78 is 4.99. The number of hydrogen-bond donors (Lipinski definition) is 3. The first-order chi connectivity index (χ1) is 8.83. The topological polar surface area (TPSA) is 95.9 Å². The molecule has 108 valence electrons. The van der Waals surface area contributed by atoms with E-state index in [-0.39, 0.29) is 29.2 Å². The Hall–Kier alpha value is -1.37. The molecule has 0 heterocycles. The highest BCUT2D eigenvalue weighted by Crippen LogP contribution is 2.16. The van der Waals surface area contributed by atoms with E-state index in [1.807, 2.05) is 0 Å². The fourth-order valence-electron chi connectivity index (χ4n) is 1.07. The van der Waals surface area contributed by atoms with E-state index in [4.69, 9.17) is 21.4 Å². The Balaban J connectivity index is 5.13. The fraction of sp³-hybridized carbons (Fsp3) is 0.500. The molecule has 6 nitrogen and oxygen atoms in total. The first-order valence-electron chi connectivity index (χ1n) is 5.54. The average molecular weight is 292 g/mol. The monoisotopic (exact) mass is 291 g/mol. The molecule has 1 amide bonds. The molecule has 19 heavy (non-hydrogen) atoms. The summed E-state index contributed by atoms with van der Waals surface area (Å²) in [6.07, 6.45) is -1.04. The van der Waals surface area contributed by atoms with Crippen molar-refractivity contribution in [2.45, 2.75) is 26.4 Å². The number of carbonyl (C=O) groups excluding carboxylic acids is 2. The Labute approximate surface area is 116 Å². The van der Waals surface area contributed by atoms with Gasteiger partial charge in [-0.15, -0.1) is 11.6 Å². The molecule has 0 bridgehead atoms. The Morgan fingerprint density at radius 3 is 2.42 bits per heavy atom. The second-order valence-corrected chi connectivity index (χ2v) is 4.20. The van der Waals surface area contributed by atoms with Crippen LogP contribution in [0.4, 0.5) is 0 Å². The first-order valence-corrected chi connectivity index (χ1v) is 6.07. The van der Waals surface area contributed by atoms with Crippen molar-refractivity contribution >= 4 is 23.5 Å². The zero-order valence-electron chi connectivity index (χ0n) is 10.9. The maximum Gasteiger partial charge on any atom is 0.338 e. The minimum atomic E-state index is -0.952. The molecule has 0 fully saturated rings. The van der Waals surface area contributed by atoms with Crippen LogP contribution in [0.25, 0.3) is 0 Å². The number of nitrogens with one attached hydrogen (secondary N) is 1. The van der Waals surface area contributed by atoms with Crippen LogP contribution in [0.2, 0.25) is 0 Å². The molecule has 1 unspecified atom stereocenters. The van der Waals surface area contributed by atoms with Crippen LogP contribution in [0.5, 0.6) is 0 Å². The van der Waals surface area contributed by atoms with Crippen LogP contribution < -0.4 is 5.32 Å². The van der Waals surface area contributed by atoms with Crippen LogP contribution in [0.15, 0.2) is 23.5 Å². The van der Waals surface area contributed by atoms with Crippen molar-refractivity contribution in [2.24, 2.45) is 0 Å². The highest BCUT2D eigenvalue weighted by atomic mass is 35.5. The molecule has 0 aliphatic rings. The number of hydrogen-bond acceptors (Lipinski definition) is 5. The third kappa shape index (κ3) is 6.37. The van der Waals surface area contributed by atoms with Gasteiger partial charge < -0.3 is 20.3 Å².